The van der Waals surface area contributed by atoms with Crippen molar-refractivity contribution in [3.8, 4) is 0 Å². The molecule has 0 heterocycles. The third-order valence-electron chi connectivity index (χ3n) is 3.08. The summed E-state index contributed by atoms with van der Waals surface area (Å²) < 4.78 is 0. The number of alkyl halides is 1. The van der Waals surface area contributed by atoms with Crippen molar-refractivity contribution in [2.24, 2.45) is 0 Å². The zero-order chi connectivity index (χ0) is 13.6. The molecule has 0 fully saturated rings. The molecule has 0 radical (unpaired) electrons. The first-order valence-electron chi connectivity index (χ1n) is 6.36. The van der Waals surface area contributed by atoms with Crippen LogP contribution in [-0.2, 0) is 11.2 Å². The van der Waals surface area contributed by atoms with Crippen molar-refractivity contribution in [2.45, 2.75) is 45.6 Å². The van der Waals surface area contributed by atoms with Gasteiger partial charge >= 0.3 is 0 Å². The Kier molecular flexibility index (Phi) is 5.67. The Hall–Kier alpha value is -1.02. The van der Waals surface area contributed by atoms with E-state index < -0.39 is 0 Å². The molecule has 1 rings (SSSR count). The van der Waals surface area contributed by atoms with E-state index in [4.69, 9.17) is 11.6 Å². The number of carbonyl (C=O) groups is 1. The van der Waals surface area contributed by atoms with Crippen LogP contribution in [0.15, 0.2) is 24.3 Å². The molecule has 0 aliphatic carbocycles. The number of rotatable bonds is 6. The maximum atomic E-state index is 11.9. The van der Waals surface area contributed by atoms with Crippen LogP contribution in [0.5, 0.6) is 0 Å². The average Bonchev–Trinajstić information content (AvgIpc) is 2.27. The predicted molar refractivity (Wildman–Crippen MR) is 77.1 cm³/mol. The molecule has 1 aromatic carbocycles. The van der Waals surface area contributed by atoms with Gasteiger partial charge < -0.3 is 5.32 Å². The molecule has 18 heavy (non-hydrogen) atoms. The van der Waals surface area contributed by atoms with E-state index in [-0.39, 0.29) is 11.4 Å². The Bertz CT molecular complexity index is 401. The first-order chi connectivity index (χ1) is 8.44. The van der Waals surface area contributed by atoms with Crippen molar-refractivity contribution >= 4 is 17.5 Å². The van der Waals surface area contributed by atoms with Crippen molar-refractivity contribution in [1.82, 2.24) is 5.32 Å². The standard InChI is InChI=1S/C15H22ClNO/c1-12-6-4-5-7-13(12)8-9-14(18)17-15(2,3)10-11-16/h4-7H,8-11H2,1-3H3,(H,17,18). The van der Waals surface area contributed by atoms with E-state index in [0.29, 0.717) is 12.3 Å². The van der Waals surface area contributed by atoms with Gasteiger partial charge in [-0.05, 0) is 44.7 Å². The van der Waals surface area contributed by atoms with Gasteiger partial charge in [-0.3, -0.25) is 4.79 Å². The van der Waals surface area contributed by atoms with Gasteiger partial charge in [-0.1, -0.05) is 24.3 Å². The highest BCUT2D eigenvalue weighted by atomic mass is 35.5. The SMILES string of the molecule is Cc1ccccc1CCC(=O)NC(C)(C)CCCl. The topological polar surface area (TPSA) is 29.1 Å². The lowest BCUT2D eigenvalue weighted by Gasteiger charge is -2.25. The summed E-state index contributed by atoms with van der Waals surface area (Å²) in [5.41, 5.74) is 2.26. The Morgan fingerprint density at radius 1 is 1.33 bits per heavy atom. The van der Waals surface area contributed by atoms with Gasteiger partial charge in [-0.2, -0.15) is 0 Å². The minimum Gasteiger partial charge on any atom is -0.351 e. The van der Waals surface area contributed by atoms with E-state index in [1.54, 1.807) is 0 Å². The molecule has 0 saturated heterocycles. The summed E-state index contributed by atoms with van der Waals surface area (Å²) in [5, 5.41) is 3.02. The lowest BCUT2D eigenvalue weighted by Crippen LogP contribution is -2.43. The van der Waals surface area contributed by atoms with Crippen LogP contribution in [0.1, 0.15) is 37.8 Å². The summed E-state index contributed by atoms with van der Waals surface area (Å²) in [6, 6.07) is 8.18. The molecule has 2 nitrogen and oxygen atoms in total. The van der Waals surface area contributed by atoms with Crippen molar-refractivity contribution in [1.29, 1.82) is 0 Å². The lowest BCUT2D eigenvalue weighted by atomic mass is 10.0. The number of nitrogens with one attached hydrogen (secondary N) is 1. The van der Waals surface area contributed by atoms with Crippen LogP contribution < -0.4 is 5.32 Å². The zero-order valence-corrected chi connectivity index (χ0v) is 12.2. The minimum absolute atomic E-state index is 0.0911. The van der Waals surface area contributed by atoms with E-state index in [2.05, 4.69) is 24.4 Å². The van der Waals surface area contributed by atoms with Crippen molar-refractivity contribution in [3.05, 3.63) is 35.4 Å². The largest absolute Gasteiger partial charge is 0.351 e. The summed E-state index contributed by atoms with van der Waals surface area (Å²) in [6.07, 6.45) is 2.09. The van der Waals surface area contributed by atoms with Crippen LogP contribution in [0.4, 0.5) is 0 Å². The number of halogens is 1. The minimum atomic E-state index is -0.218. The second kappa shape index (κ2) is 6.79. The van der Waals surface area contributed by atoms with Gasteiger partial charge in [-0.25, -0.2) is 0 Å². The van der Waals surface area contributed by atoms with Crippen LogP contribution in [-0.4, -0.2) is 17.3 Å². The number of carbonyl (C=O) groups excluding carboxylic acids is 1. The average molecular weight is 268 g/mol. The van der Waals surface area contributed by atoms with Crippen LogP contribution >= 0.6 is 11.6 Å². The summed E-state index contributed by atoms with van der Waals surface area (Å²) in [5.74, 6) is 0.652. The molecule has 0 atom stereocenters. The maximum absolute atomic E-state index is 11.9. The van der Waals surface area contributed by atoms with Crippen molar-refractivity contribution < 1.29 is 4.79 Å². The van der Waals surface area contributed by atoms with E-state index >= 15 is 0 Å². The third-order valence-corrected chi connectivity index (χ3v) is 3.27. The quantitative estimate of drug-likeness (QED) is 0.786. The Morgan fingerprint density at radius 3 is 2.61 bits per heavy atom. The van der Waals surface area contributed by atoms with Crippen molar-refractivity contribution in [3.63, 3.8) is 0 Å². The lowest BCUT2D eigenvalue weighted by molar-refractivity contribution is -0.122. The van der Waals surface area contributed by atoms with Gasteiger partial charge in [0.25, 0.3) is 0 Å². The predicted octanol–water partition coefficient (Wildman–Crippen LogP) is 3.45. The normalized spacial score (nSPS) is 11.3. The fraction of sp³-hybridized carbons (Fsp3) is 0.533. The third kappa shape index (κ3) is 5.09. The molecule has 0 spiro atoms. The van der Waals surface area contributed by atoms with Crippen molar-refractivity contribution in [2.75, 3.05) is 5.88 Å². The zero-order valence-electron chi connectivity index (χ0n) is 11.4. The van der Waals surface area contributed by atoms with Gasteiger partial charge in [-0.15, -0.1) is 11.6 Å². The summed E-state index contributed by atoms with van der Waals surface area (Å²) in [7, 11) is 0. The number of benzene rings is 1. The van der Waals surface area contributed by atoms with E-state index in [9.17, 15) is 4.79 Å². The first kappa shape index (κ1) is 15.0. The molecule has 0 bridgehead atoms. The van der Waals surface area contributed by atoms with Gasteiger partial charge in [0, 0.05) is 17.8 Å². The van der Waals surface area contributed by atoms with E-state index in [1.165, 1.54) is 11.1 Å². The van der Waals surface area contributed by atoms with Crippen LogP contribution in [0.25, 0.3) is 0 Å². The molecule has 0 aliphatic heterocycles. The molecule has 1 aromatic rings. The number of hydrogen-bond acceptors (Lipinski definition) is 1. The smallest absolute Gasteiger partial charge is 0.220 e. The van der Waals surface area contributed by atoms with Crippen LogP contribution in [0, 0.1) is 6.92 Å². The van der Waals surface area contributed by atoms with Gasteiger partial charge in [0.05, 0.1) is 0 Å². The molecule has 0 aromatic heterocycles. The summed E-state index contributed by atoms with van der Waals surface area (Å²) >= 11 is 5.71. The number of amides is 1. The maximum Gasteiger partial charge on any atom is 0.220 e. The summed E-state index contributed by atoms with van der Waals surface area (Å²) in [6.45, 7) is 6.08. The van der Waals surface area contributed by atoms with Crippen LogP contribution in [0.2, 0.25) is 0 Å². The second-order valence-electron chi connectivity index (χ2n) is 5.30. The Balaban J connectivity index is 2.45. The number of aryl methyl sites for hydroxylation is 2. The molecule has 1 N–H and O–H groups in total. The molecule has 100 valence electrons. The molecule has 1 amide bonds. The second-order valence-corrected chi connectivity index (χ2v) is 5.68. The van der Waals surface area contributed by atoms with E-state index in [0.717, 1.165) is 12.8 Å². The highest BCUT2D eigenvalue weighted by molar-refractivity contribution is 6.17. The highest BCUT2D eigenvalue weighted by Crippen LogP contribution is 2.12. The Morgan fingerprint density at radius 2 is 2.00 bits per heavy atom. The molecular formula is C15H22ClNO. The molecule has 0 saturated carbocycles. The fourth-order valence-corrected chi connectivity index (χ4v) is 2.35. The number of hydrogen-bond donors (Lipinski definition) is 1. The molecule has 0 unspecified atom stereocenters. The molecular weight excluding hydrogens is 246 g/mol. The monoisotopic (exact) mass is 267 g/mol. The molecule has 0 aliphatic rings. The fourth-order valence-electron chi connectivity index (χ4n) is 1.88. The Labute approximate surface area is 115 Å². The molecule has 3 heteroatoms. The highest BCUT2D eigenvalue weighted by Gasteiger charge is 2.19. The van der Waals surface area contributed by atoms with E-state index in [1.807, 2.05) is 26.0 Å². The van der Waals surface area contributed by atoms with Gasteiger partial charge in [0.2, 0.25) is 5.91 Å². The van der Waals surface area contributed by atoms with Gasteiger partial charge in [0.15, 0.2) is 0 Å². The van der Waals surface area contributed by atoms with Gasteiger partial charge in [0.1, 0.15) is 0 Å². The van der Waals surface area contributed by atoms with Crippen LogP contribution in [0.3, 0.4) is 0 Å². The first-order valence-corrected chi connectivity index (χ1v) is 6.89. The summed E-state index contributed by atoms with van der Waals surface area (Å²) in [4.78, 5) is 11.9.